The van der Waals surface area contributed by atoms with Crippen molar-refractivity contribution in [3.05, 3.63) is 0 Å². The van der Waals surface area contributed by atoms with Gasteiger partial charge in [-0.1, -0.05) is 27.7 Å². The standard InChI is InChI=1S/C18H38N4O/c1-13(2)22(8,9)16(12-14(3)18(4,5)6)19-17(23)15-10-11-21(7)20-15/h13-16,20H,10-12H2,1-9H3/p+1. The molecule has 0 aliphatic carbocycles. The van der Waals surface area contributed by atoms with E-state index < -0.39 is 0 Å². The predicted molar refractivity (Wildman–Crippen MR) is 96.6 cm³/mol. The van der Waals surface area contributed by atoms with Gasteiger partial charge in [0.25, 0.3) is 0 Å². The summed E-state index contributed by atoms with van der Waals surface area (Å²) >= 11 is 0. The summed E-state index contributed by atoms with van der Waals surface area (Å²) < 4.78 is 0.800. The molecule has 3 unspecified atom stereocenters. The number of rotatable bonds is 6. The molecular weight excluding hydrogens is 288 g/mol. The summed E-state index contributed by atoms with van der Waals surface area (Å²) in [5, 5.41) is 5.35. The van der Waals surface area contributed by atoms with Gasteiger partial charge in [0.15, 0.2) is 6.17 Å². The number of nitrogens with one attached hydrogen (secondary N) is 2. The van der Waals surface area contributed by atoms with Crippen molar-refractivity contribution in [1.29, 1.82) is 0 Å². The molecule has 0 radical (unpaired) electrons. The number of hydrogen-bond donors (Lipinski definition) is 2. The quantitative estimate of drug-likeness (QED) is 0.581. The van der Waals surface area contributed by atoms with Gasteiger partial charge in [0, 0.05) is 20.0 Å². The molecule has 2 N–H and O–H groups in total. The second-order valence-electron chi connectivity index (χ2n) is 9.14. The minimum absolute atomic E-state index is 0.0976. The van der Waals surface area contributed by atoms with Crippen LogP contribution in [0.5, 0.6) is 0 Å². The van der Waals surface area contributed by atoms with E-state index >= 15 is 0 Å². The Morgan fingerprint density at radius 3 is 2.26 bits per heavy atom. The number of nitrogens with zero attached hydrogens (tertiary/aromatic N) is 2. The van der Waals surface area contributed by atoms with Crippen molar-refractivity contribution in [2.24, 2.45) is 11.3 Å². The van der Waals surface area contributed by atoms with Crippen LogP contribution in [0.1, 0.15) is 54.4 Å². The van der Waals surface area contributed by atoms with Crippen LogP contribution >= 0.6 is 0 Å². The number of carbonyl (C=O) groups excluding carboxylic acids is 1. The zero-order chi connectivity index (χ0) is 18.0. The maximum Gasteiger partial charge on any atom is 0.242 e. The molecule has 1 aliphatic heterocycles. The maximum atomic E-state index is 12.7. The Morgan fingerprint density at radius 2 is 1.87 bits per heavy atom. The molecule has 0 aromatic rings. The summed E-state index contributed by atoms with van der Waals surface area (Å²) in [6.07, 6.45) is 1.99. The Balaban J connectivity index is 2.85. The number of hydrazine groups is 1. The van der Waals surface area contributed by atoms with Crippen LogP contribution in [-0.2, 0) is 4.79 Å². The summed E-state index contributed by atoms with van der Waals surface area (Å²) in [7, 11) is 6.43. The largest absolute Gasteiger partial charge is 0.307 e. The highest BCUT2D eigenvalue weighted by atomic mass is 16.2. The zero-order valence-corrected chi connectivity index (χ0v) is 16.7. The molecule has 3 atom stereocenters. The highest BCUT2D eigenvalue weighted by Gasteiger charge is 2.38. The van der Waals surface area contributed by atoms with Gasteiger partial charge in [0.1, 0.15) is 6.04 Å². The van der Waals surface area contributed by atoms with Gasteiger partial charge < -0.3 is 9.80 Å². The first-order valence-electron chi connectivity index (χ1n) is 8.96. The van der Waals surface area contributed by atoms with Crippen molar-refractivity contribution in [3.8, 4) is 0 Å². The van der Waals surface area contributed by atoms with Crippen LogP contribution in [0.15, 0.2) is 0 Å². The van der Waals surface area contributed by atoms with E-state index in [1.54, 1.807) is 0 Å². The average Bonchev–Trinajstić information content (AvgIpc) is 2.83. The van der Waals surface area contributed by atoms with Crippen molar-refractivity contribution >= 4 is 5.91 Å². The molecule has 1 rings (SSSR count). The van der Waals surface area contributed by atoms with Gasteiger partial charge in [-0.25, -0.2) is 10.4 Å². The minimum Gasteiger partial charge on any atom is -0.307 e. The van der Waals surface area contributed by atoms with Crippen LogP contribution in [0, 0.1) is 11.3 Å². The number of carbonyl (C=O) groups is 1. The van der Waals surface area contributed by atoms with Crippen molar-refractivity contribution in [1.82, 2.24) is 15.8 Å². The fourth-order valence-corrected chi connectivity index (χ4v) is 2.72. The van der Waals surface area contributed by atoms with Crippen LogP contribution < -0.4 is 10.7 Å². The summed E-state index contributed by atoms with van der Waals surface area (Å²) in [4.78, 5) is 12.7. The molecule has 0 aromatic carbocycles. The lowest BCUT2D eigenvalue weighted by Crippen LogP contribution is -2.63. The van der Waals surface area contributed by atoms with Gasteiger partial charge in [0.2, 0.25) is 5.91 Å². The maximum absolute atomic E-state index is 12.7. The summed E-state index contributed by atoms with van der Waals surface area (Å²) in [6.45, 7) is 14.5. The van der Waals surface area contributed by atoms with Crippen LogP contribution in [0.3, 0.4) is 0 Å². The Morgan fingerprint density at radius 1 is 1.30 bits per heavy atom. The van der Waals surface area contributed by atoms with E-state index in [1.165, 1.54) is 0 Å². The second-order valence-corrected chi connectivity index (χ2v) is 9.14. The number of quaternary nitrogens is 1. The Kier molecular flexibility index (Phi) is 6.64. The molecule has 136 valence electrons. The van der Waals surface area contributed by atoms with Crippen molar-refractivity contribution < 1.29 is 9.28 Å². The third-order valence-electron chi connectivity index (χ3n) is 5.94. The van der Waals surface area contributed by atoms with Crippen LogP contribution in [0.4, 0.5) is 0 Å². The third-order valence-corrected chi connectivity index (χ3v) is 5.94. The molecule has 0 saturated carbocycles. The van der Waals surface area contributed by atoms with Crippen molar-refractivity contribution in [2.75, 3.05) is 27.7 Å². The van der Waals surface area contributed by atoms with Gasteiger partial charge in [-0.2, -0.15) is 0 Å². The van der Waals surface area contributed by atoms with E-state index in [1.807, 2.05) is 12.1 Å². The number of hydrogen-bond acceptors (Lipinski definition) is 3. The first-order chi connectivity index (χ1) is 10.4. The smallest absolute Gasteiger partial charge is 0.242 e. The molecule has 5 nitrogen and oxygen atoms in total. The highest BCUT2D eigenvalue weighted by Crippen LogP contribution is 2.31. The lowest BCUT2D eigenvalue weighted by Gasteiger charge is -2.44. The molecule has 0 aromatic heterocycles. The van der Waals surface area contributed by atoms with Gasteiger partial charge >= 0.3 is 0 Å². The Bertz CT molecular complexity index is 400. The Hall–Kier alpha value is -0.650. The van der Waals surface area contributed by atoms with Crippen molar-refractivity contribution in [3.63, 3.8) is 0 Å². The van der Waals surface area contributed by atoms with Gasteiger partial charge in [-0.05, 0) is 31.6 Å². The molecule has 1 saturated heterocycles. The SMILES string of the molecule is CC(CC(NC(=O)C1CCN(C)N1)[N+](C)(C)C(C)C)C(C)(C)C. The van der Waals surface area contributed by atoms with Crippen LogP contribution in [0.25, 0.3) is 0 Å². The topological polar surface area (TPSA) is 44.4 Å². The van der Waals surface area contributed by atoms with Crippen LogP contribution in [-0.4, -0.2) is 61.3 Å². The molecule has 1 amide bonds. The predicted octanol–water partition coefficient (Wildman–Crippen LogP) is 2.19. The summed E-state index contributed by atoms with van der Waals surface area (Å²) in [6, 6.07) is 0.353. The molecule has 1 aliphatic rings. The average molecular weight is 328 g/mol. The molecule has 5 heteroatoms. The first-order valence-corrected chi connectivity index (χ1v) is 8.96. The third kappa shape index (κ3) is 5.44. The second kappa shape index (κ2) is 7.49. The van der Waals surface area contributed by atoms with E-state index in [0.29, 0.717) is 12.0 Å². The molecule has 0 spiro atoms. The van der Waals surface area contributed by atoms with Crippen LogP contribution in [0.2, 0.25) is 0 Å². The molecule has 23 heavy (non-hydrogen) atoms. The zero-order valence-electron chi connectivity index (χ0n) is 16.7. The monoisotopic (exact) mass is 327 g/mol. The first kappa shape index (κ1) is 20.4. The van der Waals surface area contributed by atoms with E-state index in [9.17, 15) is 4.79 Å². The molecule has 0 bridgehead atoms. The molecule has 1 fully saturated rings. The van der Waals surface area contributed by atoms with Gasteiger partial charge in [-0.15, -0.1) is 0 Å². The fourth-order valence-electron chi connectivity index (χ4n) is 2.72. The molecular formula is C18H39N4O+. The molecule has 1 heterocycles. The van der Waals surface area contributed by atoms with Crippen molar-refractivity contribution in [2.45, 2.75) is 72.6 Å². The fraction of sp³-hybridized carbons (Fsp3) is 0.944. The van der Waals surface area contributed by atoms with Gasteiger partial charge in [0.05, 0.1) is 20.1 Å². The van der Waals surface area contributed by atoms with E-state index in [-0.39, 0.29) is 23.5 Å². The van der Waals surface area contributed by atoms with E-state index in [2.05, 4.69) is 66.4 Å². The lowest BCUT2D eigenvalue weighted by atomic mass is 9.79. The summed E-state index contributed by atoms with van der Waals surface area (Å²) in [5.41, 5.74) is 3.48. The van der Waals surface area contributed by atoms with Gasteiger partial charge in [-0.3, -0.25) is 4.79 Å². The normalized spacial score (nSPS) is 23.1. The van der Waals surface area contributed by atoms with E-state index in [0.717, 1.165) is 23.9 Å². The Labute approximate surface area is 143 Å². The summed E-state index contributed by atoms with van der Waals surface area (Å²) in [5.74, 6) is 0.662. The van der Waals surface area contributed by atoms with E-state index in [4.69, 9.17) is 0 Å². The number of amides is 1. The lowest BCUT2D eigenvalue weighted by molar-refractivity contribution is -0.938. The minimum atomic E-state index is -0.0976. The highest BCUT2D eigenvalue weighted by molar-refractivity contribution is 5.82.